The summed E-state index contributed by atoms with van der Waals surface area (Å²) < 4.78 is 47.5. The first kappa shape index (κ1) is 24.6. The van der Waals surface area contributed by atoms with E-state index >= 15 is 0 Å². The number of piperazine rings is 1. The lowest BCUT2D eigenvalue weighted by molar-refractivity contribution is 0.146. The molecule has 5 rings (SSSR count). The van der Waals surface area contributed by atoms with Gasteiger partial charge in [-0.1, -0.05) is 18.2 Å². The van der Waals surface area contributed by atoms with Crippen molar-refractivity contribution in [2.24, 2.45) is 0 Å². The monoisotopic (exact) mass is 499 g/mol. The van der Waals surface area contributed by atoms with E-state index in [0.29, 0.717) is 30.3 Å². The fourth-order valence-corrected chi connectivity index (χ4v) is 5.28. The van der Waals surface area contributed by atoms with E-state index in [1.165, 1.54) is 12.1 Å². The number of hydrogen-bond donors (Lipinski definition) is 1. The van der Waals surface area contributed by atoms with Gasteiger partial charge in [-0.25, -0.2) is 23.1 Å². The van der Waals surface area contributed by atoms with E-state index in [0.717, 1.165) is 54.5 Å². The van der Waals surface area contributed by atoms with Gasteiger partial charge in [0.2, 0.25) is 0 Å². The first-order valence-corrected chi connectivity index (χ1v) is 12.5. The van der Waals surface area contributed by atoms with Crippen LogP contribution in [0.1, 0.15) is 56.6 Å². The van der Waals surface area contributed by atoms with Crippen LogP contribution in [0.2, 0.25) is 0 Å². The van der Waals surface area contributed by atoms with E-state index in [4.69, 9.17) is 4.74 Å². The van der Waals surface area contributed by atoms with Gasteiger partial charge in [-0.3, -0.25) is 4.90 Å². The number of aromatic nitrogens is 2. The molecular formula is C27H32F3N5O. The minimum Gasteiger partial charge on any atom is -0.491 e. The van der Waals surface area contributed by atoms with Gasteiger partial charge in [0, 0.05) is 55.2 Å². The van der Waals surface area contributed by atoms with Crippen LogP contribution in [-0.2, 0) is 0 Å². The molecule has 0 saturated carbocycles. The molecular weight excluding hydrogens is 467 g/mol. The third-order valence-corrected chi connectivity index (χ3v) is 7.26. The van der Waals surface area contributed by atoms with Gasteiger partial charge in [-0.05, 0) is 33.8 Å². The van der Waals surface area contributed by atoms with Gasteiger partial charge >= 0.3 is 0 Å². The number of nitrogens with zero attached hydrogens (tertiary/aromatic N) is 4. The van der Waals surface area contributed by atoms with Gasteiger partial charge in [0.1, 0.15) is 23.2 Å². The zero-order valence-electron chi connectivity index (χ0n) is 21.1. The summed E-state index contributed by atoms with van der Waals surface area (Å²) in [7, 11) is 0. The standard InChI is InChI=1S/C27H32F3N5O/c1-15(2)34-9-10-35-18(14-34)8-11-36-24-13-22-21(12-23(24)35)27(33-17(4)32-22)31-16(3)19-6-5-7-20(25(19)28)26(29)30/h5-7,12-13,15-16,18,26H,8-11,14H2,1-4H3,(H,31,32,33)/t16-,18+/m1/s1. The van der Waals surface area contributed by atoms with Crippen molar-refractivity contribution < 1.29 is 17.9 Å². The maximum atomic E-state index is 14.8. The van der Waals surface area contributed by atoms with Crippen LogP contribution in [0.15, 0.2) is 30.3 Å². The average molecular weight is 500 g/mol. The maximum absolute atomic E-state index is 14.8. The topological polar surface area (TPSA) is 53.5 Å². The quantitative estimate of drug-likeness (QED) is 0.474. The van der Waals surface area contributed by atoms with Crippen LogP contribution in [0.4, 0.5) is 24.7 Å². The van der Waals surface area contributed by atoms with Crippen molar-refractivity contribution in [2.45, 2.75) is 58.7 Å². The molecule has 36 heavy (non-hydrogen) atoms. The number of hydrogen-bond acceptors (Lipinski definition) is 6. The lowest BCUT2D eigenvalue weighted by Gasteiger charge is -2.43. The first-order valence-electron chi connectivity index (χ1n) is 12.5. The number of benzene rings is 2. The Bertz CT molecular complexity index is 1270. The summed E-state index contributed by atoms with van der Waals surface area (Å²) in [4.78, 5) is 14.1. The highest BCUT2D eigenvalue weighted by atomic mass is 19.3. The summed E-state index contributed by atoms with van der Waals surface area (Å²) >= 11 is 0. The highest BCUT2D eigenvalue weighted by Crippen LogP contribution is 2.40. The van der Waals surface area contributed by atoms with Gasteiger partial charge in [-0.2, -0.15) is 0 Å². The Kier molecular flexibility index (Phi) is 6.68. The van der Waals surface area contributed by atoms with Gasteiger partial charge in [0.25, 0.3) is 6.43 Å². The van der Waals surface area contributed by atoms with Crippen molar-refractivity contribution in [3.63, 3.8) is 0 Å². The van der Waals surface area contributed by atoms with Crippen molar-refractivity contribution in [3.05, 3.63) is 53.1 Å². The third-order valence-electron chi connectivity index (χ3n) is 7.26. The Morgan fingerprint density at radius 2 is 1.86 bits per heavy atom. The molecule has 0 bridgehead atoms. The highest BCUT2D eigenvalue weighted by molar-refractivity contribution is 5.94. The lowest BCUT2D eigenvalue weighted by Crippen LogP contribution is -2.55. The number of aryl methyl sites for hydroxylation is 1. The van der Waals surface area contributed by atoms with E-state index in [9.17, 15) is 13.2 Å². The molecule has 0 amide bonds. The van der Waals surface area contributed by atoms with Crippen molar-refractivity contribution in [2.75, 3.05) is 36.5 Å². The van der Waals surface area contributed by atoms with E-state index in [1.54, 1.807) is 13.8 Å². The maximum Gasteiger partial charge on any atom is 0.266 e. The zero-order chi connectivity index (χ0) is 25.6. The van der Waals surface area contributed by atoms with E-state index in [2.05, 4.69) is 45.0 Å². The molecule has 9 heteroatoms. The van der Waals surface area contributed by atoms with Crippen molar-refractivity contribution in [1.29, 1.82) is 0 Å². The zero-order valence-corrected chi connectivity index (χ0v) is 21.1. The predicted octanol–water partition coefficient (Wildman–Crippen LogP) is 5.87. The third kappa shape index (κ3) is 4.56. The molecule has 0 spiro atoms. The minimum absolute atomic E-state index is 0.167. The molecule has 1 aromatic heterocycles. The Morgan fingerprint density at radius 1 is 1.08 bits per heavy atom. The summed E-state index contributed by atoms with van der Waals surface area (Å²) in [6.07, 6.45) is -1.94. The number of rotatable bonds is 5. The smallest absolute Gasteiger partial charge is 0.266 e. The Morgan fingerprint density at radius 3 is 2.61 bits per heavy atom. The van der Waals surface area contributed by atoms with Crippen molar-refractivity contribution >= 4 is 22.4 Å². The molecule has 2 aliphatic heterocycles. The molecule has 1 fully saturated rings. The van der Waals surface area contributed by atoms with E-state index in [-0.39, 0.29) is 5.56 Å². The number of fused-ring (bicyclic) bond motifs is 4. The van der Waals surface area contributed by atoms with Gasteiger partial charge in [-0.15, -0.1) is 0 Å². The van der Waals surface area contributed by atoms with E-state index < -0.39 is 23.8 Å². The molecule has 0 unspecified atom stereocenters. The second kappa shape index (κ2) is 9.76. The largest absolute Gasteiger partial charge is 0.491 e. The summed E-state index contributed by atoms with van der Waals surface area (Å²) in [6, 6.07) is 8.34. The predicted molar refractivity (Wildman–Crippen MR) is 136 cm³/mol. The van der Waals surface area contributed by atoms with E-state index in [1.807, 2.05) is 6.07 Å². The Labute approximate surface area is 209 Å². The summed E-state index contributed by atoms with van der Waals surface area (Å²) in [6.45, 7) is 11.5. The number of nitrogens with one attached hydrogen (secondary N) is 1. The van der Waals surface area contributed by atoms with Gasteiger partial charge < -0.3 is 15.0 Å². The minimum atomic E-state index is -2.88. The molecule has 0 radical (unpaired) electrons. The SMILES string of the molecule is Cc1nc(N[C@H](C)c2cccc(C(F)F)c2F)c2cc3c(cc2n1)OCC[C@H]1CN(C(C)C)CCN31. The summed E-state index contributed by atoms with van der Waals surface area (Å²) in [5.41, 5.74) is 1.29. The van der Waals surface area contributed by atoms with Crippen LogP contribution in [0.5, 0.6) is 5.75 Å². The van der Waals surface area contributed by atoms with Crippen LogP contribution < -0.4 is 15.0 Å². The molecule has 2 aromatic carbocycles. The van der Waals surface area contributed by atoms with Crippen LogP contribution in [-0.4, -0.2) is 53.2 Å². The van der Waals surface area contributed by atoms with Crippen LogP contribution in [0, 0.1) is 12.7 Å². The fraction of sp³-hybridized carbons (Fsp3) is 0.481. The molecule has 3 heterocycles. The first-order chi connectivity index (χ1) is 17.2. The molecule has 6 nitrogen and oxygen atoms in total. The second-order valence-electron chi connectivity index (χ2n) is 9.95. The molecule has 2 aliphatic rings. The second-order valence-corrected chi connectivity index (χ2v) is 9.95. The molecule has 1 N–H and O–H groups in total. The number of ether oxygens (including phenoxy) is 1. The molecule has 3 aromatic rings. The number of alkyl halides is 2. The molecule has 0 aliphatic carbocycles. The normalized spacial score (nSPS) is 19.1. The highest BCUT2D eigenvalue weighted by Gasteiger charge is 2.32. The number of anilines is 2. The molecule has 2 atom stereocenters. The van der Waals surface area contributed by atoms with Gasteiger partial charge in [0.05, 0.1) is 29.4 Å². The lowest BCUT2D eigenvalue weighted by atomic mass is 10.0. The van der Waals surface area contributed by atoms with Crippen LogP contribution >= 0.6 is 0 Å². The summed E-state index contributed by atoms with van der Waals surface area (Å²) in [5.74, 6) is 0.999. The fourth-order valence-electron chi connectivity index (χ4n) is 5.28. The Balaban J connectivity index is 1.53. The van der Waals surface area contributed by atoms with Crippen molar-refractivity contribution in [3.8, 4) is 5.75 Å². The number of halogens is 3. The molecule has 192 valence electrons. The van der Waals surface area contributed by atoms with Crippen molar-refractivity contribution in [1.82, 2.24) is 14.9 Å². The van der Waals surface area contributed by atoms with Gasteiger partial charge in [0.15, 0.2) is 0 Å². The van der Waals surface area contributed by atoms with Crippen LogP contribution in [0.25, 0.3) is 10.9 Å². The summed E-state index contributed by atoms with van der Waals surface area (Å²) in [5, 5.41) is 4.05. The molecule has 1 saturated heterocycles. The average Bonchev–Trinajstić information content (AvgIpc) is 3.01. The Hall–Kier alpha value is -3.07. The van der Waals surface area contributed by atoms with Crippen LogP contribution in [0.3, 0.4) is 0 Å².